The third-order valence-corrected chi connectivity index (χ3v) is 1.80. The van der Waals surface area contributed by atoms with Crippen molar-refractivity contribution in [2.75, 3.05) is 34.3 Å². The van der Waals surface area contributed by atoms with Gasteiger partial charge in [0.15, 0.2) is 12.2 Å². The van der Waals surface area contributed by atoms with E-state index in [2.05, 4.69) is 25.4 Å². The van der Waals surface area contributed by atoms with Crippen LogP contribution in [0, 0.1) is 0 Å². The van der Waals surface area contributed by atoms with Crippen LogP contribution in [0.2, 0.25) is 0 Å². The fourth-order valence-electron chi connectivity index (χ4n) is 0.578. The molecule has 0 saturated heterocycles. The zero-order valence-corrected chi connectivity index (χ0v) is 11.2. The van der Waals surface area contributed by atoms with E-state index in [1.54, 1.807) is 0 Å². The molecule has 9 heteroatoms. The van der Waals surface area contributed by atoms with Crippen LogP contribution >= 0.6 is 11.9 Å². The van der Waals surface area contributed by atoms with Crippen molar-refractivity contribution in [2.24, 2.45) is 0 Å². The number of aliphatic hydroxyl groups is 2. The fraction of sp³-hybridized carbons (Fsp3) is 0.778. The molecule has 0 aliphatic rings. The highest BCUT2D eigenvalue weighted by Crippen LogP contribution is 1.92. The first-order chi connectivity index (χ1) is 8.02. The molecule has 2 unspecified atom stereocenters. The zero-order valence-electron chi connectivity index (χ0n) is 10.4. The molecule has 0 fully saturated rings. The average molecular weight is 289 g/mol. The maximum Gasteiger partial charge on any atom is 0.335 e. The summed E-state index contributed by atoms with van der Waals surface area (Å²) in [6, 6.07) is 0. The van der Waals surface area contributed by atoms with Gasteiger partial charge in [-0.05, 0) is 0 Å². The van der Waals surface area contributed by atoms with Crippen molar-refractivity contribution in [1.82, 2.24) is 0 Å². The van der Waals surface area contributed by atoms with Crippen molar-refractivity contribution in [3.8, 4) is 0 Å². The Morgan fingerprint density at radius 1 is 1.11 bits per heavy atom. The van der Waals surface area contributed by atoms with Gasteiger partial charge in [0.05, 0.1) is 33.0 Å². The smallest absolute Gasteiger partial charge is 0.335 e. The van der Waals surface area contributed by atoms with Crippen molar-refractivity contribution < 1.29 is 38.8 Å². The van der Waals surface area contributed by atoms with Gasteiger partial charge >= 0.3 is 11.9 Å². The van der Waals surface area contributed by atoms with E-state index in [-0.39, 0.29) is 0 Å². The second kappa shape index (κ2) is 9.06. The van der Waals surface area contributed by atoms with Crippen molar-refractivity contribution in [3.05, 3.63) is 0 Å². The largest absolute Gasteiger partial charge is 0.479 e. The average Bonchev–Trinajstić information content (AvgIpc) is 2.23. The highest BCUT2D eigenvalue weighted by Gasteiger charge is 2.29. The molecule has 0 rings (SSSR count). The van der Waals surface area contributed by atoms with Crippen LogP contribution in [-0.2, 0) is 13.9 Å². The zero-order chi connectivity index (χ0) is 14.9. The number of aliphatic carboxylic acids is 2. The van der Waals surface area contributed by atoms with Crippen LogP contribution in [0.15, 0.2) is 0 Å². The second-order valence-corrected chi connectivity index (χ2v) is 4.61. The van der Waals surface area contributed by atoms with Gasteiger partial charge in [-0.25, -0.2) is 9.59 Å². The molecule has 0 amide bonds. The molecular formula is C9H19ClNO7+. The standard InChI is InChI=1S/C5H13ClNO.C4H6O6/c1-7(2,3)4-5-8-6;5-1(3(7)8)2(6)4(9)10/h4-5H2,1-3H3;1-2,5-6H,(H,7,8)(H,9,10)/q+1;. The number of quaternary nitrogens is 1. The number of hydrogen-bond donors (Lipinski definition) is 4. The van der Waals surface area contributed by atoms with Gasteiger partial charge in [-0.2, -0.15) is 0 Å². The SMILES string of the molecule is C[N+](C)(C)CCOCl.O=C(O)C(O)C(O)C(=O)O. The van der Waals surface area contributed by atoms with Crippen molar-refractivity contribution in [3.63, 3.8) is 0 Å². The molecule has 18 heavy (non-hydrogen) atoms. The summed E-state index contributed by atoms with van der Waals surface area (Å²) in [5, 5.41) is 32.5. The molecule has 0 bridgehead atoms. The number of carboxylic acid groups (broad SMARTS) is 2. The predicted molar refractivity (Wildman–Crippen MR) is 62.0 cm³/mol. The Hall–Kier alpha value is -0.930. The quantitative estimate of drug-likeness (QED) is 0.450. The van der Waals surface area contributed by atoms with Gasteiger partial charge in [-0.1, -0.05) is 0 Å². The first kappa shape index (κ1) is 19.4. The van der Waals surface area contributed by atoms with E-state index in [0.717, 1.165) is 11.0 Å². The van der Waals surface area contributed by atoms with Gasteiger partial charge in [0.1, 0.15) is 13.2 Å². The molecule has 8 nitrogen and oxygen atoms in total. The van der Waals surface area contributed by atoms with Crippen molar-refractivity contribution in [1.29, 1.82) is 0 Å². The maximum atomic E-state index is 9.77. The number of hydrogen-bond acceptors (Lipinski definition) is 5. The molecule has 0 saturated carbocycles. The lowest BCUT2D eigenvalue weighted by Crippen LogP contribution is -2.39. The third kappa shape index (κ3) is 11.6. The van der Waals surface area contributed by atoms with E-state index in [0.29, 0.717) is 6.61 Å². The summed E-state index contributed by atoms with van der Waals surface area (Å²) >= 11 is 5.00. The molecule has 0 aromatic rings. The van der Waals surface area contributed by atoms with Crippen LogP contribution in [0.5, 0.6) is 0 Å². The van der Waals surface area contributed by atoms with Crippen LogP contribution in [-0.4, -0.2) is 83.4 Å². The van der Waals surface area contributed by atoms with E-state index in [1.807, 2.05) is 0 Å². The number of aliphatic hydroxyl groups excluding tert-OH is 2. The van der Waals surface area contributed by atoms with Crippen LogP contribution in [0.1, 0.15) is 0 Å². The summed E-state index contributed by atoms with van der Waals surface area (Å²) in [6.45, 7) is 1.56. The number of likely N-dealkylation sites (N-methyl/N-ethyl adjacent to an activating group) is 1. The number of carboxylic acids is 2. The molecule has 0 aromatic carbocycles. The minimum Gasteiger partial charge on any atom is -0.479 e. The Kier molecular flexibility index (Phi) is 9.77. The number of halogens is 1. The second-order valence-electron chi connectivity index (χ2n) is 4.39. The van der Waals surface area contributed by atoms with Gasteiger partial charge in [0.25, 0.3) is 0 Å². The van der Waals surface area contributed by atoms with E-state index in [9.17, 15) is 9.59 Å². The lowest BCUT2D eigenvalue weighted by atomic mass is 10.2. The number of nitrogens with zero attached hydrogens (tertiary/aromatic N) is 1. The van der Waals surface area contributed by atoms with Crippen LogP contribution in [0.3, 0.4) is 0 Å². The molecule has 0 spiro atoms. The summed E-state index contributed by atoms with van der Waals surface area (Å²) in [7, 11) is 6.28. The Labute approximate surface area is 110 Å². The Bertz CT molecular complexity index is 248. The minimum atomic E-state index is -2.27. The first-order valence-corrected chi connectivity index (χ1v) is 5.19. The normalized spacial score (nSPS) is 14.1. The molecule has 0 aromatic heterocycles. The van der Waals surface area contributed by atoms with Gasteiger partial charge in [-0.15, -0.1) is 0 Å². The van der Waals surface area contributed by atoms with Gasteiger partial charge in [0, 0.05) is 0 Å². The van der Waals surface area contributed by atoms with Gasteiger partial charge in [0.2, 0.25) is 0 Å². The molecule has 4 N–H and O–H groups in total. The monoisotopic (exact) mass is 288 g/mol. The molecule has 0 aliphatic carbocycles. The summed E-state index contributed by atoms with van der Waals surface area (Å²) in [5.41, 5.74) is 0. The van der Waals surface area contributed by atoms with Crippen molar-refractivity contribution in [2.45, 2.75) is 12.2 Å². The molecular weight excluding hydrogens is 270 g/mol. The van der Waals surface area contributed by atoms with Gasteiger partial charge < -0.3 is 24.9 Å². The fourth-order valence-corrected chi connectivity index (χ4v) is 0.647. The highest BCUT2D eigenvalue weighted by molar-refractivity contribution is 6.07. The summed E-state index contributed by atoms with van der Waals surface area (Å²) in [6.07, 6.45) is -4.53. The summed E-state index contributed by atoms with van der Waals surface area (Å²) in [4.78, 5) is 19.5. The highest BCUT2D eigenvalue weighted by atomic mass is 35.5. The van der Waals surface area contributed by atoms with E-state index < -0.39 is 24.1 Å². The van der Waals surface area contributed by atoms with E-state index in [1.165, 1.54) is 0 Å². The van der Waals surface area contributed by atoms with E-state index in [4.69, 9.17) is 32.3 Å². The predicted octanol–water partition coefficient (Wildman–Crippen LogP) is -1.26. The summed E-state index contributed by atoms with van der Waals surface area (Å²) in [5.74, 6) is -3.54. The van der Waals surface area contributed by atoms with E-state index >= 15 is 0 Å². The lowest BCUT2D eigenvalue weighted by Gasteiger charge is -2.22. The molecule has 0 radical (unpaired) electrons. The number of rotatable bonds is 6. The minimum absolute atomic E-state index is 0.616. The Balaban J connectivity index is 0. The summed E-state index contributed by atoms with van der Waals surface area (Å²) < 4.78 is 5.27. The van der Waals surface area contributed by atoms with Gasteiger partial charge in [-0.3, -0.25) is 4.29 Å². The van der Waals surface area contributed by atoms with Crippen molar-refractivity contribution >= 4 is 23.8 Å². The molecule has 2 atom stereocenters. The van der Waals surface area contributed by atoms with Crippen LogP contribution < -0.4 is 0 Å². The molecule has 108 valence electrons. The molecule has 0 heterocycles. The lowest BCUT2D eigenvalue weighted by molar-refractivity contribution is -0.870. The first-order valence-electron chi connectivity index (χ1n) is 4.88. The maximum absolute atomic E-state index is 9.77. The third-order valence-electron chi connectivity index (χ3n) is 1.64. The number of carbonyl (C=O) groups is 2. The molecule has 0 aliphatic heterocycles. The Morgan fingerprint density at radius 2 is 1.44 bits per heavy atom. The van der Waals surface area contributed by atoms with Crippen LogP contribution in [0.25, 0.3) is 0 Å². The van der Waals surface area contributed by atoms with Crippen LogP contribution in [0.4, 0.5) is 0 Å². The Morgan fingerprint density at radius 3 is 1.56 bits per heavy atom. The topological polar surface area (TPSA) is 124 Å².